The number of likely N-dealkylation sites (tertiary alicyclic amines) is 1. The molecule has 2 aliphatic heterocycles. The van der Waals surface area contributed by atoms with E-state index in [4.69, 9.17) is 9.47 Å². The van der Waals surface area contributed by atoms with Gasteiger partial charge in [-0.3, -0.25) is 9.59 Å². The van der Waals surface area contributed by atoms with Gasteiger partial charge in [-0.05, 0) is 56.6 Å². The summed E-state index contributed by atoms with van der Waals surface area (Å²) in [6, 6.07) is 5.33. The smallest absolute Gasteiger partial charge is 0.258 e. The molecule has 28 heavy (non-hydrogen) atoms. The van der Waals surface area contributed by atoms with Crippen LogP contribution in [0.4, 0.5) is 0 Å². The first-order chi connectivity index (χ1) is 13.6. The largest absolute Gasteiger partial charge is 0.497 e. The van der Waals surface area contributed by atoms with Gasteiger partial charge in [0.05, 0.1) is 12.7 Å². The van der Waals surface area contributed by atoms with Crippen molar-refractivity contribution in [3.8, 4) is 11.5 Å². The van der Waals surface area contributed by atoms with Gasteiger partial charge in [0.15, 0.2) is 5.72 Å². The first-order valence-electron chi connectivity index (χ1n) is 10.6. The number of amides is 2. The number of benzene rings is 1. The van der Waals surface area contributed by atoms with Crippen LogP contribution in [0.5, 0.6) is 11.5 Å². The predicted molar refractivity (Wildman–Crippen MR) is 103 cm³/mol. The fraction of sp³-hybridized carbons (Fsp3) is 0.636. The van der Waals surface area contributed by atoms with Crippen LogP contribution in [0, 0.1) is 17.8 Å². The molecule has 1 aromatic carbocycles. The number of carbonyl (C=O) groups excluding carboxylic acids is 2. The highest BCUT2D eigenvalue weighted by Crippen LogP contribution is 2.53. The van der Waals surface area contributed by atoms with E-state index in [1.807, 2.05) is 0 Å². The molecule has 6 rings (SSSR count). The summed E-state index contributed by atoms with van der Waals surface area (Å²) in [6.45, 7) is 1.80. The van der Waals surface area contributed by atoms with Gasteiger partial charge < -0.3 is 19.7 Å². The van der Waals surface area contributed by atoms with Crippen LogP contribution < -0.4 is 14.8 Å². The molecule has 3 saturated carbocycles. The predicted octanol–water partition coefficient (Wildman–Crippen LogP) is 2.96. The normalized spacial score (nSPS) is 33.8. The average Bonchev–Trinajstić information content (AvgIpc) is 2.73. The molecule has 1 saturated heterocycles. The van der Waals surface area contributed by atoms with E-state index in [-0.39, 0.29) is 23.7 Å². The minimum absolute atomic E-state index is 0.0784. The zero-order chi connectivity index (χ0) is 19.3. The van der Waals surface area contributed by atoms with Gasteiger partial charge in [0, 0.05) is 37.4 Å². The molecule has 1 N–H and O–H groups in total. The molecule has 0 aromatic heterocycles. The lowest BCUT2D eigenvalue weighted by molar-refractivity contribution is -0.156. The summed E-state index contributed by atoms with van der Waals surface area (Å²) < 4.78 is 11.8. The van der Waals surface area contributed by atoms with Crippen molar-refractivity contribution >= 4 is 11.8 Å². The molecule has 0 unspecified atom stereocenters. The lowest BCUT2D eigenvalue weighted by atomic mass is 9.59. The quantitative estimate of drug-likeness (QED) is 0.851. The van der Waals surface area contributed by atoms with E-state index in [0.717, 1.165) is 45.2 Å². The van der Waals surface area contributed by atoms with Crippen molar-refractivity contribution < 1.29 is 19.1 Å². The Morgan fingerprint density at radius 2 is 2.07 bits per heavy atom. The van der Waals surface area contributed by atoms with Crippen LogP contribution in [0.1, 0.15) is 55.3 Å². The van der Waals surface area contributed by atoms with Gasteiger partial charge in [0.25, 0.3) is 5.91 Å². The Morgan fingerprint density at radius 3 is 2.79 bits per heavy atom. The molecule has 6 heteroatoms. The number of piperidine rings is 1. The van der Waals surface area contributed by atoms with E-state index in [0.29, 0.717) is 29.4 Å². The molecule has 1 aromatic rings. The number of carbonyl (C=O) groups is 2. The molecular weight excluding hydrogens is 356 g/mol. The van der Waals surface area contributed by atoms with Gasteiger partial charge in [-0.25, -0.2) is 0 Å². The molecule has 5 aliphatic rings. The number of fused-ring (bicyclic) bond motifs is 3. The Morgan fingerprint density at radius 1 is 1.25 bits per heavy atom. The number of hydrogen-bond acceptors (Lipinski definition) is 4. The Bertz CT molecular complexity index is 804. The molecule has 0 radical (unpaired) electrons. The molecule has 4 atom stereocenters. The monoisotopic (exact) mass is 384 g/mol. The summed E-state index contributed by atoms with van der Waals surface area (Å²) in [5, 5.41) is 3.17. The third-order valence-electron chi connectivity index (χ3n) is 7.25. The van der Waals surface area contributed by atoms with Crippen LogP contribution in [-0.2, 0) is 4.79 Å². The first kappa shape index (κ1) is 17.8. The molecule has 4 fully saturated rings. The fourth-order valence-electron chi connectivity index (χ4n) is 5.77. The van der Waals surface area contributed by atoms with E-state index in [9.17, 15) is 9.59 Å². The Labute approximate surface area is 165 Å². The second-order valence-corrected chi connectivity index (χ2v) is 8.77. The van der Waals surface area contributed by atoms with Crippen molar-refractivity contribution in [3.05, 3.63) is 23.8 Å². The Balaban J connectivity index is 1.38. The van der Waals surface area contributed by atoms with Crippen LogP contribution in [0.25, 0.3) is 0 Å². The highest BCUT2D eigenvalue weighted by molar-refractivity contribution is 5.98. The third kappa shape index (κ3) is 2.76. The highest BCUT2D eigenvalue weighted by atomic mass is 16.5. The molecule has 2 amide bonds. The summed E-state index contributed by atoms with van der Waals surface area (Å²) >= 11 is 0. The van der Waals surface area contributed by atoms with Crippen LogP contribution >= 0.6 is 0 Å². The van der Waals surface area contributed by atoms with Crippen molar-refractivity contribution in [1.82, 2.24) is 10.2 Å². The van der Waals surface area contributed by atoms with Gasteiger partial charge in [0.1, 0.15) is 11.5 Å². The standard InChI is InChI=1S/C22H28N2O4/c1-27-16-7-8-17-19(12-16)28-22(23-20(17)25)13-14-5-6-15(22)11-18(14)21(26)24-9-3-2-4-10-24/h7-8,12,14-15,18H,2-6,9-11,13H2,1H3,(H,23,25)/t14-,15+,18-,22+/m1/s1. The zero-order valence-corrected chi connectivity index (χ0v) is 16.4. The lowest BCUT2D eigenvalue weighted by Gasteiger charge is -2.55. The number of nitrogens with zero attached hydrogens (tertiary/aromatic N) is 1. The Kier molecular flexibility index (Phi) is 4.25. The molecule has 6 nitrogen and oxygen atoms in total. The maximum absolute atomic E-state index is 13.1. The molecule has 3 aliphatic carbocycles. The van der Waals surface area contributed by atoms with Crippen LogP contribution in [-0.4, -0.2) is 42.6 Å². The summed E-state index contributed by atoms with van der Waals surface area (Å²) in [6.07, 6.45) is 7.02. The minimum atomic E-state index is -0.682. The maximum Gasteiger partial charge on any atom is 0.258 e. The molecule has 2 bridgehead atoms. The van der Waals surface area contributed by atoms with Crippen LogP contribution in [0.15, 0.2) is 18.2 Å². The molecule has 150 valence electrons. The summed E-state index contributed by atoms with van der Waals surface area (Å²) in [5.41, 5.74) is -0.133. The summed E-state index contributed by atoms with van der Waals surface area (Å²) in [5.74, 6) is 2.03. The number of methoxy groups -OCH3 is 1. The average molecular weight is 384 g/mol. The van der Waals surface area contributed by atoms with E-state index in [1.54, 1.807) is 25.3 Å². The molecular formula is C22H28N2O4. The van der Waals surface area contributed by atoms with Crippen molar-refractivity contribution in [2.75, 3.05) is 20.2 Å². The Hall–Kier alpha value is -2.24. The van der Waals surface area contributed by atoms with E-state index < -0.39 is 5.72 Å². The zero-order valence-electron chi connectivity index (χ0n) is 16.4. The van der Waals surface area contributed by atoms with Crippen LogP contribution in [0.2, 0.25) is 0 Å². The number of hydrogen-bond donors (Lipinski definition) is 1. The highest BCUT2D eigenvalue weighted by Gasteiger charge is 2.57. The topological polar surface area (TPSA) is 67.9 Å². The van der Waals surface area contributed by atoms with Crippen molar-refractivity contribution in [2.24, 2.45) is 17.8 Å². The third-order valence-corrected chi connectivity index (χ3v) is 7.25. The van der Waals surface area contributed by atoms with E-state index in [1.165, 1.54) is 6.42 Å². The molecule has 1 spiro atoms. The number of rotatable bonds is 2. The van der Waals surface area contributed by atoms with Gasteiger partial charge >= 0.3 is 0 Å². The minimum Gasteiger partial charge on any atom is -0.497 e. The lowest BCUT2D eigenvalue weighted by Crippen LogP contribution is -2.67. The van der Waals surface area contributed by atoms with Crippen molar-refractivity contribution in [1.29, 1.82) is 0 Å². The first-order valence-corrected chi connectivity index (χ1v) is 10.6. The van der Waals surface area contributed by atoms with Gasteiger partial charge in [-0.15, -0.1) is 0 Å². The van der Waals surface area contributed by atoms with Gasteiger partial charge in [-0.1, -0.05) is 0 Å². The fourth-order valence-corrected chi connectivity index (χ4v) is 5.77. The molecule has 2 heterocycles. The number of nitrogens with one attached hydrogen (secondary N) is 1. The second kappa shape index (κ2) is 6.68. The SMILES string of the molecule is COc1ccc2c(c1)O[C@]1(C[C@H]3CC[C@H]1C[C@H]3C(=O)N1CCCCC1)NC2=O. The van der Waals surface area contributed by atoms with Gasteiger partial charge in [-0.2, -0.15) is 0 Å². The van der Waals surface area contributed by atoms with Crippen molar-refractivity contribution in [3.63, 3.8) is 0 Å². The van der Waals surface area contributed by atoms with Crippen molar-refractivity contribution in [2.45, 2.75) is 50.7 Å². The second-order valence-electron chi connectivity index (χ2n) is 8.77. The van der Waals surface area contributed by atoms with Gasteiger partial charge in [0.2, 0.25) is 5.91 Å². The summed E-state index contributed by atoms with van der Waals surface area (Å²) in [4.78, 5) is 28.0. The summed E-state index contributed by atoms with van der Waals surface area (Å²) in [7, 11) is 1.61. The van der Waals surface area contributed by atoms with Crippen LogP contribution in [0.3, 0.4) is 0 Å². The van der Waals surface area contributed by atoms with E-state index in [2.05, 4.69) is 10.2 Å². The number of ether oxygens (including phenoxy) is 2. The van der Waals surface area contributed by atoms with E-state index >= 15 is 0 Å². The maximum atomic E-state index is 13.1.